The van der Waals surface area contributed by atoms with Gasteiger partial charge in [-0.3, -0.25) is 0 Å². The molecular formula is C15H20BrNS. The molecule has 1 unspecified atom stereocenters. The predicted octanol–water partition coefficient (Wildman–Crippen LogP) is 4.73. The lowest BCUT2D eigenvalue weighted by Gasteiger charge is -2.59. The molecule has 1 aromatic rings. The maximum absolute atomic E-state index is 6.72. The monoisotopic (exact) mass is 325 g/mol. The Hall–Kier alpha value is 0.140. The van der Waals surface area contributed by atoms with Gasteiger partial charge in [0.25, 0.3) is 0 Å². The highest BCUT2D eigenvalue weighted by Gasteiger charge is 2.53. The van der Waals surface area contributed by atoms with E-state index in [4.69, 9.17) is 5.73 Å². The van der Waals surface area contributed by atoms with Gasteiger partial charge >= 0.3 is 0 Å². The van der Waals surface area contributed by atoms with Crippen LogP contribution in [0.25, 0.3) is 0 Å². The third-order valence-electron chi connectivity index (χ3n) is 5.72. The van der Waals surface area contributed by atoms with Gasteiger partial charge in [0, 0.05) is 15.9 Å². The van der Waals surface area contributed by atoms with E-state index in [1.165, 1.54) is 48.6 Å². The van der Waals surface area contributed by atoms with Crippen molar-refractivity contribution in [1.29, 1.82) is 0 Å². The zero-order valence-corrected chi connectivity index (χ0v) is 13.0. The van der Waals surface area contributed by atoms with E-state index >= 15 is 0 Å². The first-order valence-corrected chi connectivity index (χ1v) is 8.87. The fraction of sp³-hybridized carbons (Fsp3) is 0.733. The Morgan fingerprint density at radius 1 is 1.11 bits per heavy atom. The highest BCUT2D eigenvalue weighted by molar-refractivity contribution is 9.10. The van der Waals surface area contributed by atoms with Crippen LogP contribution in [0, 0.1) is 23.2 Å². The van der Waals surface area contributed by atoms with E-state index in [-0.39, 0.29) is 6.04 Å². The van der Waals surface area contributed by atoms with Gasteiger partial charge in [-0.25, -0.2) is 0 Å². The van der Waals surface area contributed by atoms with Crippen LogP contribution in [0.1, 0.15) is 50.1 Å². The molecule has 0 saturated heterocycles. The molecule has 1 atom stereocenters. The van der Waals surface area contributed by atoms with Crippen molar-refractivity contribution in [1.82, 2.24) is 0 Å². The third kappa shape index (κ3) is 1.66. The van der Waals surface area contributed by atoms with Gasteiger partial charge in [0.15, 0.2) is 0 Å². The van der Waals surface area contributed by atoms with E-state index < -0.39 is 0 Å². The molecule has 18 heavy (non-hydrogen) atoms. The predicted molar refractivity (Wildman–Crippen MR) is 79.6 cm³/mol. The minimum atomic E-state index is 0.256. The number of thiophene rings is 1. The van der Waals surface area contributed by atoms with Gasteiger partial charge in [-0.15, -0.1) is 0 Å². The molecule has 0 amide bonds. The van der Waals surface area contributed by atoms with Crippen molar-refractivity contribution in [3.05, 3.63) is 20.8 Å². The molecule has 0 spiro atoms. The molecule has 3 heteroatoms. The van der Waals surface area contributed by atoms with E-state index in [0.29, 0.717) is 5.41 Å². The van der Waals surface area contributed by atoms with Crippen molar-refractivity contribution in [3.63, 3.8) is 0 Å². The summed E-state index contributed by atoms with van der Waals surface area (Å²) in [5.41, 5.74) is 8.51. The van der Waals surface area contributed by atoms with E-state index in [1.807, 2.05) is 0 Å². The summed E-state index contributed by atoms with van der Waals surface area (Å²) in [5.74, 6) is 2.96. The zero-order valence-electron chi connectivity index (χ0n) is 10.6. The Kier molecular flexibility index (Phi) is 2.69. The molecule has 4 aliphatic rings. The maximum Gasteiger partial charge on any atom is 0.0372 e. The largest absolute Gasteiger partial charge is 0.323 e. The molecule has 2 N–H and O–H groups in total. The summed E-state index contributed by atoms with van der Waals surface area (Å²) in [4.78, 5) is 0. The standard InChI is InChI=1S/C15H20BrNS/c16-13-8-18-7-12(13)14(17)15-4-9-1-10(5-15)3-11(2-9)6-15/h7-11,14H,1-6,17H2. The van der Waals surface area contributed by atoms with Crippen LogP contribution < -0.4 is 5.73 Å². The van der Waals surface area contributed by atoms with Gasteiger partial charge in [0.2, 0.25) is 0 Å². The number of halogens is 1. The summed E-state index contributed by atoms with van der Waals surface area (Å²) in [5, 5.41) is 4.43. The van der Waals surface area contributed by atoms with Crippen LogP contribution in [0.5, 0.6) is 0 Å². The summed E-state index contributed by atoms with van der Waals surface area (Å²) >= 11 is 5.45. The molecule has 0 radical (unpaired) electrons. The summed E-state index contributed by atoms with van der Waals surface area (Å²) in [6, 6.07) is 0.256. The van der Waals surface area contributed by atoms with Crippen molar-refractivity contribution >= 4 is 27.3 Å². The molecule has 4 aliphatic carbocycles. The first-order valence-electron chi connectivity index (χ1n) is 7.13. The van der Waals surface area contributed by atoms with Crippen LogP contribution in [0.4, 0.5) is 0 Å². The highest BCUT2D eigenvalue weighted by atomic mass is 79.9. The summed E-state index contributed by atoms with van der Waals surface area (Å²) in [6.45, 7) is 0. The number of hydrogen-bond donors (Lipinski definition) is 1. The normalized spacial score (nSPS) is 43.3. The highest BCUT2D eigenvalue weighted by Crippen LogP contribution is 2.63. The lowest BCUT2D eigenvalue weighted by molar-refractivity contribution is -0.0678. The summed E-state index contributed by atoms with van der Waals surface area (Å²) < 4.78 is 1.23. The van der Waals surface area contributed by atoms with Gasteiger partial charge < -0.3 is 5.73 Å². The first kappa shape index (κ1) is 11.9. The molecule has 4 saturated carbocycles. The molecule has 4 fully saturated rings. The Labute approximate surface area is 121 Å². The Bertz CT molecular complexity index is 432. The molecule has 1 heterocycles. The quantitative estimate of drug-likeness (QED) is 0.835. The Morgan fingerprint density at radius 2 is 1.67 bits per heavy atom. The molecule has 1 aromatic heterocycles. The van der Waals surface area contributed by atoms with Gasteiger partial charge in [-0.1, -0.05) is 0 Å². The van der Waals surface area contributed by atoms with Crippen molar-refractivity contribution in [2.75, 3.05) is 0 Å². The lowest BCUT2D eigenvalue weighted by atomic mass is 9.47. The smallest absolute Gasteiger partial charge is 0.0372 e. The minimum Gasteiger partial charge on any atom is -0.323 e. The number of rotatable bonds is 2. The number of hydrogen-bond acceptors (Lipinski definition) is 2. The lowest BCUT2D eigenvalue weighted by Crippen LogP contribution is -2.50. The van der Waals surface area contributed by atoms with E-state index in [0.717, 1.165) is 17.8 Å². The average Bonchev–Trinajstić information content (AvgIpc) is 2.72. The van der Waals surface area contributed by atoms with Crippen LogP contribution in [0.3, 0.4) is 0 Å². The van der Waals surface area contributed by atoms with E-state index in [2.05, 4.69) is 26.7 Å². The Morgan fingerprint density at radius 3 is 2.11 bits per heavy atom. The van der Waals surface area contributed by atoms with Crippen LogP contribution >= 0.6 is 27.3 Å². The molecule has 0 aliphatic heterocycles. The molecule has 1 nitrogen and oxygen atoms in total. The van der Waals surface area contributed by atoms with Gasteiger partial charge in [0.1, 0.15) is 0 Å². The molecule has 98 valence electrons. The molecule has 5 rings (SSSR count). The van der Waals surface area contributed by atoms with E-state index in [9.17, 15) is 0 Å². The maximum atomic E-state index is 6.72. The van der Waals surface area contributed by atoms with Crippen molar-refractivity contribution in [2.24, 2.45) is 28.9 Å². The molecule has 0 aromatic carbocycles. The van der Waals surface area contributed by atoms with Crippen molar-refractivity contribution in [3.8, 4) is 0 Å². The second kappa shape index (κ2) is 4.07. The molecule has 4 bridgehead atoms. The average molecular weight is 326 g/mol. The van der Waals surface area contributed by atoms with Gasteiger partial charge in [-0.2, -0.15) is 11.3 Å². The topological polar surface area (TPSA) is 26.0 Å². The summed E-state index contributed by atoms with van der Waals surface area (Å²) in [6.07, 6.45) is 8.66. The minimum absolute atomic E-state index is 0.256. The second-order valence-corrected chi connectivity index (χ2v) is 8.53. The summed E-state index contributed by atoms with van der Waals surface area (Å²) in [7, 11) is 0. The second-order valence-electron chi connectivity index (χ2n) is 6.93. The Balaban J connectivity index is 1.69. The van der Waals surface area contributed by atoms with Crippen LogP contribution in [-0.2, 0) is 0 Å². The fourth-order valence-electron chi connectivity index (χ4n) is 5.40. The van der Waals surface area contributed by atoms with Crippen LogP contribution in [0.2, 0.25) is 0 Å². The van der Waals surface area contributed by atoms with Crippen LogP contribution in [0.15, 0.2) is 15.2 Å². The van der Waals surface area contributed by atoms with Crippen LogP contribution in [-0.4, -0.2) is 0 Å². The van der Waals surface area contributed by atoms with Gasteiger partial charge in [0.05, 0.1) is 0 Å². The zero-order chi connectivity index (χ0) is 12.3. The first-order chi connectivity index (χ1) is 8.66. The van der Waals surface area contributed by atoms with Gasteiger partial charge in [-0.05, 0) is 88.6 Å². The molecular weight excluding hydrogens is 306 g/mol. The fourth-order valence-corrected chi connectivity index (χ4v) is 6.98. The SMILES string of the molecule is NC(c1cscc1Br)C12CC3CC(CC(C3)C1)C2. The third-order valence-corrected chi connectivity index (χ3v) is 7.47. The van der Waals surface area contributed by atoms with Crippen molar-refractivity contribution in [2.45, 2.75) is 44.6 Å². The number of nitrogens with two attached hydrogens (primary N) is 1. The van der Waals surface area contributed by atoms with E-state index in [1.54, 1.807) is 11.3 Å². The van der Waals surface area contributed by atoms with Crippen molar-refractivity contribution < 1.29 is 0 Å².